The van der Waals surface area contributed by atoms with E-state index in [1.54, 1.807) is 12.1 Å². The zero-order chi connectivity index (χ0) is 16.1. The first-order chi connectivity index (χ1) is 10.3. The van der Waals surface area contributed by atoms with Crippen LogP contribution < -0.4 is 4.31 Å². The highest BCUT2D eigenvalue weighted by Gasteiger charge is 2.33. The van der Waals surface area contributed by atoms with Crippen LogP contribution in [0.3, 0.4) is 0 Å². The van der Waals surface area contributed by atoms with E-state index in [0.29, 0.717) is 30.1 Å². The fourth-order valence-corrected chi connectivity index (χ4v) is 4.09. The van der Waals surface area contributed by atoms with Gasteiger partial charge in [-0.25, -0.2) is 8.42 Å². The molecule has 1 amide bonds. The van der Waals surface area contributed by atoms with Crippen LogP contribution in [0.5, 0.6) is 0 Å². The van der Waals surface area contributed by atoms with E-state index >= 15 is 0 Å². The molecule has 120 valence electrons. The summed E-state index contributed by atoms with van der Waals surface area (Å²) < 4.78 is 24.9. The van der Waals surface area contributed by atoms with E-state index in [1.165, 1.54) is 23.4 Å². The van der Waals surface area contributed by atoms with Gasteiger partial charge in [0.2, 0.25) is 10.0 Å². The Kier molecular flexibility index (Phi) is 3.67. The van der Waals surface area contributed by atoms with E-state index in [2.05, 4.69) is 6.92 Å². The molecule has 1 aliphatic heterocycles. The van der Waals surface area contributed by atoms with Gasteiger partial charge in [-0.2, -0.15) is 0 Å². The molecule has 0 radical (unpaired) electrons. The summed E-state index contributed by atoms with van der Waals surface area (Å²) in [7, 11) is -1.40. The molecule has 1 saturated carbocycles. The number of carbonyl (C=O) groups is 1. The molecule has 1 aromatic carbocycles. The molecule has 0 N–H and O–H groups in total. The lowest BCUT2D eigenvalue weighted by Gasteiger charge is -2.25. The van der Waals surface area contributed by atoms with E-state index in [0.717, 1.165) is 5.56 Å². The predicted octanol–water partition coefficient (Wildman–Crippen LogP) is 1.88. The summed E-state index contributed by atoms with van der Waals surface area (Å²) in [6.45, 7) is 2.55. The molecule has 2 aliphatic rings. The Morgan fingerprint density at radius 3 is 2.64 bits per heavy atom. The first kappa shape index (κ1) is 15.3. The van der Waals surface area contributed by atoms with Crippen molar-refractivity contribution in [2.24, 2.45) is 5.92 Å². The number of benzene rings is 1. The molecule has 1 heterocycles. The minimum atomic E-state index is -3.24. The van der Waals surface area contributed by atoms with Gasteiger partial charge in [-0.05, 0) is 55.9 Å². The summed E-state index contributed by atoms with van der Waals surface area (Å²) in [4.78, 5) is 14.4. The number of hydrogen-bond acceptors (Lipinski definition) is 3. The lowest BCUT2D eigenvalue weighted by Crippen LogP contribution is -2.36. The van der Waals surface area contributed by atoms with E-state index in [1.807, 2.05) is 18.0 Å². The second-order valence-electron chi connectivity index (χ2n) is 6.42. The second-order valence-corrected chi connectivity index (χ2v) is 8.33. The highest BCUT2D eigenvalue weighted by molar-refractivity contribution is 7.92. The minimum Gasteiger partial charge on any atom is -0.339 e. The van der Waals surface area contributed by atoms with Crippen molar-refractivity contribution in [3.8, 4) is 0 Å². The first-order valence-electron chi connectivity index (χ1n) is 7.67. The van der Waals surface area contributed by atoms with Gasteiger partial charge in [-0.3, -0.25) is 9.10 Å². The summed E-state index contributed by atoms with van der Waals surface area (Å²) in [6, 6.07) is 5.60. The van der Waals surface area contributed by atoms with E-state index in [9.17, 15) is 13.2 Å². The number of anilines is 1. The molecular weight excluding hydrogens is 300 g/mol. The Labute approximate surface area is 132 Å². The molecule has 1 unspecified atom stereocenters. The molecule has 5 nitrogen and oxygen atoms in total. The SMILES string of the molecule is CC(C1CC1)N(C)C(=O)c1ccc2c(c1)CCN2S(C)(=O)=O. The van der Waals surface area contributed by atoms with Crippen molar-refractivity contribution in [1.29, 1.82) is 0 Å². The van der Waals surface area contributed by atoms with Crippen molar-refractivity contribution in [3.05, 3.63) is 29.3 Å². The number of amides is 1. The van der Waals surface area contributed by atoms with Gasteiger partial charge in [0.25, 0.3) is 5.91 Å². The highest BCUT2D eigenvalue weighted by atomic mass is 32.2. The molecule has 22 heavy (non-hydrogen) atoms. The van der Waals surface area contributed by atoms with Crippen molar-refractivity contribution >= 4 is 21.6 Å². The van der Waals surface area contributed by atoms with Gasteiger partial charge in [0, 0.05) is 25.2 Å². The minimum absolute atomic E-state index is 0.0139. The Bertz CT molecular complexity index is 710. The Morgan fingerprint density at radius 2 is 2.05 bits per heavy atom. The molecule has 0 aromatic heterocycles. The summed E-state index contributed by atoms with van der Waals surface area (Å²) in [5, 5.41) is 0. The van der Waals surface area contributed by atoms with E-state index < -0.39 is 10.0 Å². The molecule has 3 rings (SSSR count). The molecule has 6 heteroatoms. The van der Waals surface area contributed by atoms with Gasteiger partial charge in [-0.1, -0.05) is 0 Å². The van der Waals surface area contributed by atoms with Crippen LogP contribution >= 0.6 is 0 Å². The predicted molar refractivity (Wildman–Crippen MR) is 86.6 cm³/mol. The van der Waals surface area contributed by atoms with Crippen LogP contribution in [-0.4, -0.2) is 45.1 Å². The summed E-state index contributed by atoms with van der Waals surface area (Å²) in [5.74, 6) is 0.643. The molecule has 1 atom stereocenters. The lowest BCUT2D eigenvalue weighted by molar-refractivity contribution is 0.0727. The third-order valence-corrected chi connectivity index (χ3v) is 6.00. The molecular formula is C16H22N2O3S. The van der Waals surface area contributed by atoms with Crippen LogP contribution in [0.25, 0.3) is 0 Å². The molecule has 1 aliphatic carbocycles. The lowest BCUT2D eigenvalue weighted by atomic mass is 10.1. The quantitative estimate of drug-likeness (QED) is 0.850. The normalized spacial score (nSPS) is 19.0. The topological polar surface area (TPSA) is 57.7 Å². The van der Waals surface area contributed by atoms with Gasteiger partial charge in [-0.15, -0.1) is 0 Å². The van der Waals surface area contributed by atoms with Gasteiger partial charge in [0.15, 0.2) is 0 Å². The number of fused-ring (bicyclic) bond motifs is 1. The zero-order valence-electron chi connectivity index (χ0n) is 13.2. The number of rotatable bonds is 4. The maximum absolute atomic E-state index is 12.6. The number of carbonyl (C=O) groups excluding carboxylic acids is 1. The number of hydrogen-bond donors (Lipinski definition) is 0. The van der Waals surface area contributed by atoms with Gasteiger partial charge >= 0.3 is 0 Å². The van der Waals surface area contributed by atoms with Crippen molar-refractivity contribution in [2.45, 2.75) is 32.2 Å². The average Bonchev–Trinajstić information content (AvgIpc) is 3.22. The standard InChI is InChI=1S/C16H22N2O3S/c1-11(12-4-5-12)17(2)16(19)14-6-7-15-13(10-14)8-9-18(15)22(3,20)21/h6-7,10-12H,4-5,8-9H2,1-3H3. The largest absolute Gasteiger partial charge is 0.339 e. The van der Waals surface area contributed by atoms with Crippen LogP contribution in [0.2, 0.25) is 0 Å². The fourth-order valence-electron chi connectivity index (χ4n) is 3.13. The van der Waals surface area contributed by atoms with Crippen molar-refractivity contribution in [3.63, 3.8) is 0 Å². The van der Waals surface area contributed by atoms with E-state index in [-0.39, 0.29) is 11.9 Å². The first-order valence-corrected chi connectivity index (χ1v) is 9.51. The third kappa shape index (κ3) is 2.72. The van der Waals surface area contributed by atoms with Crippen molar-refractivity contribution in [1.82, 2.24) is 4.90 Å². The monoisotopic (exact) mass is 322 g/mol. The van der Waals surface area contributed by atoms with Crippen LogP contribution in [0.1, 0.15) is 35.7 Å². The maximum Gasteiger partial charge on any atom is 0.253 e. The Balaban J connectivity index is 1.84. The average molecular weight is 322 g/mol. The van der Waals surface area contributed by atoms with Gasteiger partial charge < -0.3 is 4.90 Å². The fraction of sp³-hybridized carbons (Fsp3) is 0.562. The molecule has 1 aromatic rings. The summed E-state index contributed by atoms with van der Waals surface area (Å²) >= 11 is 0. The Hall–Kier alpha value is -1.56. The molecule has 0 saturated heterocycles. The third-order valence-electron chi connectivity index (χ3n) is 4.82. The Morgan fingerprint density at radius 1 is 1.36 bits per heavy atom. The van der Waals surface area contributed by atoms with Crippen molar-refractivity contribution < 1.29 is 13.2 Å². The molecule has 1 fully saturated rings. The van der Waals surface area contributed by atoms with Gasteiger partial charge in [0.1, 0.15) is 0 Å². The molecule has 0 spiro atoms. The summed E-state index contributed by atoms with van der Waals surface area (Å²) in [6.07, 6.45) is 4.27. The number of nitrogens with zero attached hydrogens (tertiary/aromatic N) is 2. The van der Waals surface area contributed by atoms with Crippen molar-refractivity contribution in [2.75, 3.05) is 24.2 Å². The second kappa shape index (κ2) is 5.26. The van der Waals surface area contributed by atoms with Crippen LogP contribution in [-0.2, 0) is 16.4 Å². The molecule has 0 bridgehead atoms. The zero-order valence-corrected chi connectivity index (χ0v) is 14.1. The smallest absolute Gasteiger partial charge is 0.253 e. The highest BCUT2D eigenvalue weighted by Crippen LogP contribution is 2.35. The maximum atomic E-state index is 12.6. The van der Waals surface area contributed by atoms with Crippen LogP contribution in [0.15, 0.2) is 18.2 Å². The number of sulfonamides is 1. The van der Waals surface area contributed by atoms with Crippen LogP contribution in [0.4, 0.5) is 5.69 Å². The van der Waals surface area contributed by atoms with E-state index in [4.69, 9.17) is 0 Å². The van der Waals surface area contributed by atoms with Gasteiger partial charge in [0.05, 0.1) is 11.9 Å². The summed E-state index contributed by atoms with van der Waals surface area (Å²) in [5.41, 5.74) is 2.28. The van der Waals surface area contributed by atoms with Crippen LogP contribution in [0, 0.1) is 5.92 Å².